The van der Waals surface area contributed by atoms with Crippen molar-refractivity contribution in [2.24, 2.45) is 0 Å². The molecule has 21 heavy (non-hydrogen) atoms. The van der Waals surface area contributed by atoms with Gasteiger partial charge in [0.05, 0.1) is 5.75 Å². The molecule has 0 spiro atoms. The van der Waals surface area contributed by atoms with Crippen LogP contribution in [0.4, 0.5) is 15.8 Å². The quantitative estimate of drug-likeness (QED) is 0.657. The average molecular weight is 325 g/mol. The van der Waals surface area contributed by atoms with Crippen molar-refractivity contribution in [2.75, 3.05) is 16.8 Å². The number of anilines is 2. The predicted molar refractivity (Wildman–Crippen MR) is 86.4 cm³/mol. The first-order chi connectivity index (χ1) is 9.97. The van der Waals surface area contributed by atoms with Gasteiger partial charge in [-0.05, 0) is 42.8 Å². The summed E-state index contributed by atoms with van der Waals surface area (Å²) >= 11 is 7.18. The highest BCUT2D eigenvalue weighted by Crippen LogP contribution is 2.27. The van der Waals surface area contributed by atoms with E-state index in [0.29, 0.717) is 21.3 Å². The van der Waals surface area contributed by atoms with Gasteiger partial charge in [-0.1, -0.05) is 17.7 Å². The molecule has 0 heterocycles. The number of hydrogen-bond acceptors (Lipinski definition) is 3. The van der Waals surface area contributed by atoms with Crippen molar-refractivity contribution in [3.63, 3.8) is 0 Å². The third-order valence-corrected chi connectivity index (χ3v) is 4.36. The van der Waals surface area contributed by atoms with Crippen LogP contribution in [0.2, 0.25) is 5.02 Å². The highest BCUT2D eigenvalue weighted by Gasteiger charge is 2.09. The Labute approximate surface area is 131 Å². The van der Waals surface area contributed by atoms with E-state index in [-0.39, 0.29) is 17.5 Å². The number of nitrogen functional groups attached to an aromatic ring is 1. The molecule has 0 aromatic heterocycles. The maximum absolute atomic E-state index is 13.1. The molecule has 6 heteroatoms. The minimum Gasteiger partial charge on any atom is -0.398 e. The Morgan fingerprint density at radius 1 is 1.38 bits per heavy atom. The van der Waals surface area contributed by atoms with Crippen LogP contribution in [0.25, 0.3) is 0 Å². The number of nitrogens with two attached hydrogens (primary N) is 1. The summed E-state index contributed by atoms with van der Waals surface area (Å²) in [6, 6.07) is 9.39. The van der Waals surface area contributed by atoms with Crippen LogP contribution in [0.5, 0.6) is 0 Å². The summed E-state index contributed by atoms with van der Waals surface area (Å²) in [5, 5.41) is 3.37. The summed E-state index contributed by atoms with van der Waals surface area (Å²) in [4.78, 5) is 12.5. The summed E-state index contributed by atoms with van der Waals surface area (Å²) < 4.78 is 13.1. The molecule has 0 fully saturated rings. The van der Waals surface area contributed by atoms with E-state index >= 15 is 0 Å². The Kier molecular flexibility index (Phi) is 5.09. The normalized spacial score (nSPS) is 10.4. The van der Waals surface area contributed by atoms with Crippen LogP contribution < -0.4 is 11.1 Å². The zero-order chi connectivity index (χ0) is 15.4. The van der Waals surface area contributed by atoms with Crippen molar-refractivity contribution < 1.29 is 9.18 Å². The van der Waals surface area contributed by atoms with Crippen molar-refractivity contribution in [3.8, 4) is 0 Å². The van der Waals surface area contributed by atoms with Crippen molar-refractivity contribution in [1.29, 1.82) is 0 Å². The van der Waals surface area contributed by atoms with Crippen molar-refractivity contribution in [3.05, 3.63) is 52.8 Å². The number of rotatable bonds is 4. The highest BCUT2D eigenvalue weighted by atomic mass is 35.5. The molecule has 2 rings (SSSR count). The van der Waals surface area contributed by atoms with Crippen LogP contribution in [-0.4, -0.2) is 11.7 Å². The van der Waals surface area contributed by atoms with Crippen LogP contribution in [0.15, 0.2) is 41.3 Å². The van der Waals surface area contributed by atoms with Gasteiger partial charge >= 0.3 is 0 Å². The van der Waals surface area contributed by atoms with Gasteiger partial charge < -0.3 is 11.1 Å². The third kappa shape index (κ3) is 4.12. The van der Waals surface area contributed by atoms with Crippen molar-refractivity contribution in [1.82, 2.24) is 0 Å². The number of thioether (sulfide) groups is 1. The molecule has 2 aromatic rings. The molecule has 0 aliphatic carbocycles. The van der Waals surface area contributed by atoms with E-state index in [9.17, 15) is 9.18 Å². The van der Waals surface area contributed by atoms with Gasteiger partial charge in [0.1, 0.15) is 5.82 Å². The van der Waals surface area contributed by atoms with Crippen LogP contribution in [0.3, 0.4) is 0 Å². The van der Waals surface area contributed by atoms with E-state index in [4.69, 9.17) is 17.3 Å². The molecule has 3 N–H and O–H groups in total. The molecule has 110 valence electrons. The second-order valence-electron chi connectivity index (χ2n) is 4.43. The number of halogens is 2. The molecule has 3 nitrogen and oxygen atoms in total. The summed E-state index contributed by atoms with van der Waals surface area (Å²) in [5.41, 5.74) is 7.66. The largest absolute Gasteiger partial charge is 0.398 e. The maximum Gasteiger partial charge on any atom is 0.234 e. The number of hydrogen-bond donors (Lipinski definition) is 2. The molecular formula is C15H14ClFN2OS. The average Bonchev–Trinajstić information content (AvgIpc) is 2.45. The fraction of sp³-hybridized carbons (Fsp3) is 0.133. The molecule has 0 aliphatic heterocycles. The van der Waals surface area contributed by atoms with Crippen LogP contribution >= 0.6 is 23.4 Å². The van der Waals surface area contributed by atoms with Gasteiger partial charge in [-0.15, -0.1) is 11.8 Å². The molecule has 0 saturated carbocycles. The molecule has 0 atom stereocenters. The van der Waals surface area contributed by atoms with Gasteiger partial charge in [-0.3, -0.25) is 4.79 Å². The predicted octanol–water partition coefficient (Wildman–Crippen LogP) is 4.10. The lowest BCUT2D eigenvalue weighted by atomic mass is 10.2. The fourth-order valence-corrected chi connectivity index (χ4v) is 2.67. The van der Waals surface area contributed by atoms with Crippen LogP contribution in [-0.2, 0) is 4.79 Å². The summed E-state index contributed by atoms with van der Waals surface area (Å²) in [6.45, 7) is 1.83. The second kappa shape index (κ2) is 6.83. The van der Waals surface area contributed by atoms with E-state index in [1.54, 1.807) is 18.2 Å². The van der Waals surface area contributed by atoms with E-state index in [0.717, 1.165) is 5.56 Å². The fourth-order valence-electron chi connectivity index (χ4n) is 1.71. The minimum absolute atomic E-state index is 0.138. The van der Waals surface area contributed by atoms with E-state index < -0.39 is 0 Å². The first kappa shape index (κ1) is 15.7. The number of nitrogens with one attached hydrogen (secondary N) is 1. The van der Waals surface area contributed by atoms with Crippen molar-refractivity contribution in [2.45, 2.75) is 11.8 Å². The third-order valence-electron chi connectivity index (χ3n) is 2.88. The maximum atomic E-state index is 13.1. The summed E-state index contributed by atoms with van der Waals surface area (Å²) in [6.07, 6.45) is 0. The Bertz CT molecular complexity index is 679. The van der Waals surface area contributed by atoms with Gasteiger partial charge in [0.2, 0.25) is 5.91 Å². The van der Waals surface area contributed by atoms with Gasteiger partial charge in [0.15, 0.2) is 0 Å². The van der Waals surface area contributed by atoms with E-state index in [2.05, 4.69) is 5.32 Å². The smallest absolute Gasteiger partial charge is 0.234 e. The Morgan fingerprint density at radius 3 is 2.90 bits per heavy atom. The van der Waals surface area contributed by atoms with Gasteiger partial charge in [-0.25, -0.2) is 4.39 Å². The lowest BCUT2D eigenvalue weighted by Gasteiger charge is -2.10. The van der Waals surface area contributed by atoms with Crippen LogP contribution in [0, 0.1) is 12.7 Å². The Balaban J connectivity index is 1.99. The van der Waals surface area contributed by atoms with E-state index in [1.165, 1.54) is 30.0 Å². The van der Waals surface area contributed by atoms with Crippen LogP contribution in [0.1, 0.15) is 5.56 Å². The first-order valence-corrected chi connectivity index (χ1v) is 7.56. The monoisotopic (exact) mass is 324 g/mol. The zero-order valence-corrected chi connectivity index (χ0v) is 12.9. The van der Waals surface area contributed by atoms with Crippen molar-refractivity contribution >= 4 is 40.6 Å². The molecule has 0 aliphatic rings. The number of carbonyl (C=O) groups excluding carboxylic acids is 1. The zero-order valence-electron chi connectivity index (χ0n) is 11.3. The molecule has 1 amide bonds. The molecule has 0 unspecified atom stereocenters. The molecular weight excluding hydrogens is 311 g/mol. The van der Waals surface area contributed by atoms with Gasteiger partial charge in [0, 0.05) is 21.3 Å². The summed E-state index contributed by atoms with van der Waals surface area (Å²) in [7, 11) is 0. The Hall–Kier alpha value is -1.72. The van der Waals surface area contributed by atoms with E-state index in [1.807, 2.05) is 6.92 Å². The lowest BCUT2D eigenvalue weighted by Crippen LogP contribution is -2.15. The van der Waals surface area contributed by atoms with Gasteiger partial charge in [0.25, 0.3) is 0 Å². The molecule has 0 radical (unpaired) electrons. The summed E-state index contributed by atoms with van der Waals surface area (Å²) in [5.74, 6) is -0.439. The number of carbonyl (C=O) groups is 1. The van der Waals surface area contributed by atoms with Gasteiger partial charge in [-0.2, -0.15) is 0 Å². The standard InChI is InChI=1S/C15H14ClFN2OS/c1-9-11(16)3-2-4-13(9)19-15(20)8-21-14-7-10(17)5-6-12(14)18/h2-7H,8,18H2,1H3,(H,19,20). The molecule has 2 aromatic carbocycles. The SMILES string of the molecule is Cc1c(Cl)cccc1NC(=O)CSc1cc(F)ccc1N. The highest BCUT2D eigenvalue weighted by molar-refractivity contribution is 8.00. The number of amides is 1. The first-order valence-electron chi connectivity index (χ1n) is 6.20. The molecule has 0 bridgehead atoms. The molecule has 0 saturated heterocycles. The number of benzene rings is 2. The Morgan fingerprint density at radius 2 is 2.14 bits per heavy atom. The topological polar surface area (TPSA) is 55.1 Å². The lowest BCUT2D eigenvalue weighted by molar-refractivity contribution is -0.113. The second-order valence-corrected chi connectivity index (χ2v) is 5.86. The minimum atomic E-state index is -0.377.